The highest BCUT2D eigenvalue weighted by Crippen LogP contribution is 2.46. The van der Waals surface area contributed by atoms with Gasteiger partial charge in [0.1, 0.15) is 5.78 Å². The highest BCUT2D eigenvalue weighted by molar-refractivity contribution is 5.84. The molecule has 0 spiro atoms. The molecule has 0 saturated heterocycles. The average molecular weight is 154 g/mol. The number of fused-ring (bicyclic) bond motifs is 1. The van der Waals surface area contributed by atoms with Crippen LogP contribution in [-0.2, 0) is 9.53 Å². The van der Waals surface area contributed by atoms with Crippen LogP contribution in [0.1, 0.15) is 26.2 Å². The molecule has 2 nitrogen and oxygen atoms in total. The summed E-state index contributed by atoms with van der Waals surface area (Å²) in [7, 11) is 0. The van der Waals surface area contributed by atoms with Gasteiger partial charge in [-0.25, -0.2) is 0 Å². The van der Waals surface area contributed by atoms with Crippen LogP contribution in [0.5, 0.6) is 0 Å². The summed E-state index contributed by atoms with van der Waals surface area (Å²) in [4.78, 5) is 11.1. The molecule has 0 unspecified atom stereocenters. The quantitative estimate of drug-likeness (QED) is 0.600. The van der Waals surface area contributed by atoms with Gasteiger partial charge < -0.3 is 4.74 Å². The molecule has 2 aliphatic carbocycles. The maximum absolute atomic E-state index is 11.1. The van der Waals surface area contributed by atoms with E-state index in [4.69, 9.17) is 4.74 Å². The van der Waals surface area contributed by atoms with Crippen molar-refractivity contribution < 1.29 is 9.53 Å². The molecular formula is C9H14O2. The summed E-state index contributed by atoms with van der Waals surface area (Å²) in [6.07, 6.45) is 3.29. The fourth-order valence-electron chi connectivity index (χ4n) is 2.32. The second-order valence-corrected chi connectivity index (χ2v) is 3.50. The molecule has 0 bridgehead atoms. The lowest BCUT2D eigenvalue weighted by Gasteiger charge is -2.38. The van der Waals surface area contributed by atoms with Crippen molar-refractivity contribution in [1.29, 1.82) is 0 Å². The van der Waals surface area contributed by atoms with Gasteiger partial charge in [0.2, 0.25) is 0 Å². The minimum atomic E-state index is 0.381. The van der Waals surface area contributed by atoms with Crippen LogP contribution >= 0.6 is 0 Å². The highest BCUT2D eigenvalue weighted by Gasteiger charge is 2.49. The summed E-state index contributed by atoms with van der Waals surface area (Å²) in [5.41, 5.74) is 0. The first-order valence-corrected chi connectivity index (χ1v) is 4.47. The van der Waals surface area contributed by atoms with Gasteiger partial charge in [-0.05, 0) is 25.7 Å². The molecule has 2 aliphatic rings. The van der Waals surface area contributed by atoms with Crippen molar-refractivity contribution in [3.63, 3.8) is 0 Å². The Labute approximate surface area is 66.9 Å². The van der Waals surface area contributed by atoms with Crippen LogP contribution in [0.15, 0.2) is 0 Å². The van der Waals surface area contributed by atoms with E-state index < -0.39 is 0 Å². The highest BCUT2D eigenvalue weighted by atomic mass is 16.5. The molecule has 0 aromatic heterocycles. The Bertz CT molecular complexity index is 176. The first-order valence-electron chi connectivity index (χ1n) is 4.47. The van der Waals surface area contributed by atoms with Gasteiger partial charge >= 0.3 is 0 Å². The SMILES string of the molecule is CCO[C@@H]1C[C@H]2C(=O)CC[C@@H]12. The molecule has 0 N–H and O–H groups in total. The zero-order valence-corrected chi connectivity index (χ0v) is 6.88. The number of hydrogen-bond donors (Lipinski definition) is 0. The van der Waals surface area contributed by atoms with Gasteiger partial charge in [0, 0.05) is 18.9 Å². The third-order valence-electron chi connectivity index (χ3n) is 3.00. The zero-order chi connectivity index (χ0) is 7.84. The summed E-state index contributed by atoms with van der Waals surface area (Å²) in [5.74, 6) is 1.44. The first kappa shape index (κ1) is 7.29. The van der Waals surface area contributed by atoms with Crippen molar-refractivity contribution >= 4 is 5.78 Å². The molecule has 0 aromatic rings. The van der Waals surface area contributed by atoms with Crippen LogP contribution < -0.4 is 0 Å². The fraction of sp³-hybridized carbons (Fsp3) is 0.889. The summed E-state index contributed by atoms with van der Waals surface area (Å²) < 4.78 is 5.49. The van der Waals surface area contributed by atoms with Crippen molar-refractivity contribution in [2.24, 2.45) is 11.8 Å². The molecule has 0 radical (unpaired) electrons. The summed E-state index contributed by atoms with van der Waals surface area (Å²) in [6, 6.07) is 0. The van der Waals surface area contributed by atoms with Crippen molar-refractivity contribution in [2.75, 3.05) is 6.61 Å². The maximum atomic E-state index is 11.1. The first-order chi connectivity index (χ1) is 5.33. The van der Waals surface area contributed by atoms with E-state index in [-0.39, 0.29) is 0 Å². The Balaban J connectivity index is 1.91. The Kier molecular flexibility index (Phi) is 1.72. The van der Waals surface area contributed by atoms with Crippen LogP contribution in [0.4, 0.5) is 0 Å². The van der Waals surface area contributed by atoms with Crippen LogP contribution in [0.3, 0.4) is 0 Å². The molecule has 11 heavy (non-hydrogen) atoms. The largest absolute Gasteiger partial charge is 0.378 e. The fourth-order valence-corrected chi connectivity index (χ4v) is 2.32. The second kappa shape index (κ2) is 2.59. The summed E-state index contributed by atoms with van der Waals surface area (Å²) >= 11 is 0. The van der Waals surface area contributed by atoms with Gasteiger partial charge in [0.05, 0.1) is 6.10 Å². The molecule has 2 fully saturated rings. The summed E-state index contributed by atoms with van der Waals surface area (Å²) in [5, 5.41) is 0. The third kappa shape index (κ3) is 1.00. The molecular weight excluding hydrogens is 140 g/mol. The van der Waals surface area contributed by atoms with Crippen molar-refractivity contribution in [2.45, 2.75) is 32.3 Å². The predicted octanol–water partition coefficient (Wildman–Crippen LogP) is 1.39. The smallest absolute Gasteiger partial charge is 0.136 e. The Hall–Kier alpha value is -0.370. The number of carbonyl (C=O) groups is 1. The minimum Gasteiger partial charge on any atom is -0.378 e. The van der Waals surface area contributed by atoms with Crippen LogP contribution in [0.2, 0.25) is 0 Å². The van der Waals surface area contributed by atoms with Gasteiger partial charge in [-0.1, -0.05) is 0 Å². The number of ketones is 1. The van der Waals surface area contributed by atoms with Gasteiger partial charge in [-0.3, -0.25) is 4.79 Å². The lowest BCUT2D eigenvalue weighted by molar-refractivity contribution is -0.131. The van der Waals surface area contributed by atoms with Crippen LogP contribution in [0.25, 0.3) is 0 Å². The molecule has 0 aromatic carbocycles. The molecule has 2 heteroatoms. The maximum Gasteiger partial charge on any atom is 0.136 e. The molecule has 62 valence electrons. The number of rotatable bonds is 2. The van der Waals surface area contributed by atoms with Crippen molar-refractivity contribution in [3.05, 3.63) is 0 Å². The summed E-state index contributed by atoms with van der Waals surface area (Å²) in [6.45, 7) is 2.81. The zero-order valence-electron chi connectivity index (χ0n) is 6.88. The van der Waals surface area contributed by atoms with Crippen molar-refractivity contribution in [1.82, 2.24) is 0 Å². The molecule has 0 aliphatic heterocycles. The van der Waals surface area contributed by atoms with E-state index in [1.807, 2.05) is 6.92 Å². The van der Waals surface area contributed by atoms with Gasteiger partial charge in [0.15, 0.2) is 0 Å². The van der Waals surface area contributed by atoms with Crippen LogP contribution in [0, 0.1) is 11.8 Å². The minimum absolute atomic E-state index is 0.381. The van der Waals surface area contributed by atoms with E-state index in [0.717, 1.165) is 25.9 Å². The lowest BCUT2D eigenvalue weighted by Crippen LogP contribution is -2.42. The third-order valence-corrected chi connectivity index (χ3v) is 3.00. The normalized spacial score (nSPS) is 41.9. The predicted molar refractivity (Wildman–Crippen MR) is 41.3 cm³/mol. The monoisotopic (exact) mass is 154 g/mol. The second-order valence-electron chi connectivity index (χ2n) is 3.50. The van der Waals surface area contributed by atoms with E-state index in [2.05, 4.69) is 0 Å². The number of ether oxygens (including phenoxy) is 1. The topological polar surface area (TPSA) is 26.3 Å². The van der Waals surface area contributed by atoms with Gasteiger partial charge in [-0.2, -0.15) is 0 Å². The number of carbonyl (C=O) groups excluding carboxylic acids is 1. The average Bonchev–Trinajstić information content (AvgIpc) is 2.22. The van der Waals surface area contributed by atoms with E-state index in [1.165, 1.54) is 0 Å². The standard InChI is InChI=1S/C9H14O2/c1-2-11-9-5-7-6(9)3-4-8(7)10/h6-7,9H,2-5H2,1H3/t6-,7-,9-/m1/s1. The number of Topliss-reactive ketones (excluding diaryl/α,β-unsaturated/α-hetero) is 1. The molecule has 2 rings (SSSR count). The van der Waals surface area contributed by atoms with E-state index in [0.29, 0.717) is 23.7 Å². The van der Waals surface area contributed by atoms with E-state index in [1.54, 1.807) is 0 Å². The molecule has 0 amide bonds. The van der Waals surface area contributed by atoms with E-state index >= 15 is 0 Å². The van der Waals surface area contributed by atoms with E-state index in [9.17, 15) is 4.79 Å². The molecule has 2 saturated carbocycles. The molecule has 3 atom stereocenters. The Morgan fingerprint density at radius 1 is 1.64 bits per heavy atom. The Morgan fingerprint density at radius 2 is 2.45 bits per heavy atom. The Morgan fingerprint density at radius 3 is 3.09 bits per heavy atom. The van der Waals surface area contributed by atoms with Crippen molar-refractivity contribution in [3.8, 4) is 0 Å². The number of hydrogen-bond acceptors (Lipinski definition) is 2. The molecule has 0 heterocycles. The lowest BCUT2D eigenvalue weighted by atomic mass is 9.73. The van der Waals surface area contributed by atoms with Gasteiger partial charge in [-0.15, -0.1) is 0 Å². The van der Waals surface area contributed by atoms with Crippen LogP contribution in [-0.4, -0.2) is 18.5 Å². The van der Waals surface area contributed by atoms with Gasteiger partial charge in [0.25, 0.3) is 0 Å².